The number of fused-ring (bicyclic) bond motifs is 6. The third-order valence-electron chi connectivity index (χ3n) is 12.0. The van der Waals surface area contributed by atoms with E-state index in [9.17, 15) is 0 Å². The molecule has 2 aromatic heterocycles. The fraction of sp³-hybridized carbons (Fsp3) is 0.160. The number of rotatable bonds is 6. The molecule has 6 aromatic carbocycles. The average Bonchev–Trinajstić information content (AvgIpc) is 3.77. The van der Waals surface area contributed by atoms with E-state index < -0.39 is 0 Å². The van der Waals surface area contributed by atoms with Crippen molar-refractivity contribution >= 4 is 43.7 Å². The molecule has 11 rings (SSSR count). The van der Waals surface area contributed by atoms with Gasteiger partial charge in [0.05, 0.1) is 6.04 Å². The smallest absolute Gasteiger partial charge is 0.143 e. The predicted octanol–water partition coefficient (Wildman–Crippen LogP) is 12.8. The molecule has 2 aliphatic carbocycles. The maximum Gasteiger partial charge on any atom is 0.143 e. The lowest BCUT2D eigenvalue weighted by Gasteiger charge is -2.54. The Balaban J connectivity index is 1.01. The number of nitrogens with zero attached hydrogens (tertiary/aromatic N) is 2. The van der Waals surface area contributed by atoms with Gasteiger partial charge in [0.25, 0.3) is 0 Å². The fourth-order valence-corrected chi connectivity index (χ4v) is 9.31. The van der Waals surface area contributed by atoms with Gasteiger partial charge in [0.15, 0.2) is 0 Å². The van der Waals surface area contributed by atoms with Crippen LogP contribution < -0.4 is 5.32 Å². The van der Waals surface area contributed by atoms with Gasteiger partial charge in [-0.2, -0.15) is 0 Å². The summed E-state index contributed by atoms with van der Waals surface area (Å²) < 4.78 is 9.08. The quantitative estimate of drug-likeness (QED) is 0.175. The lowest BCUT2D eigenvalue weighted by molar-refractivity contribution is 0.0287. The summed E-state index contributed by atoms with van der Waals surface area (Å²) in [6.07, 6.45) is 16.1. The van der Waals surface area contributed by atoms with E-state index in [0.29, 0.717) is 0 Å². The molecule has 3 atom stereocenters. The first kappa shape index (κ1) is 31.4. The van der Waals surface area contributed by atoms with Crippen molar-refractivity contribution in [2.45, 2.75) is 50.5 Å². The summed E-state index contributed by atoms with van der Waals surface area (Å²) in [5.41, 5.74) is 13.3. The Morgan fingerprint density at radius 2 is 1.33 bits per heavy atom. The molecule has 8 aromatic rings. The molecule has 1 fully saturated rings. The van der Waals surface area contributed by atoms with Gasteiger partial charge in [-0.15, -0.1) is 0 Å². The molecule has 1 aliphatic heterocycles. The van der Waals surface area contributed by atoms with Gasteiger partial charge in [0, 0.05) is 43.8 Å². The molecule has 3 heterocycles. The Bertz CT molecular complexity index is 2800. The van der Waals surface area contributed by atoms with E-state index in [0.717, 1.165) is 39.5 Å². The van der Waals surface area contributed by atoms with Gasteiger partial charge >= 0.3 is 0 Å². The maximum absolute atomic E-state index is 6.51. The highest BCUT2D eigenvalue weighted by Crippen LogP contribution is 2.44. The van der Waals surface area contributed by atoms with E-state index in [4.69, 9.17) is 4.42 Å². The summed E-state index contributed by atoms with van der Waals surface area (Å²) in [5.74, 6) is 0. The number of hydrogen-bond donors (Lipinski definition) is 1. The van der Waals surface area contributed by atoms with E-state index in [-0.39, 0.29) is 18.4 Å². The summed E-state index contributed by atoms with van der Waals surface area (Å²) in [6, 6.07) is 50.7. The van der Waals surface area contributed by atoms with Crippen molar-refractivity contribution in [1.82, 2.24) is 14.8 Å². The molecule has 54 heavy (non-hydrogen) atoms. The van der Waals surface area contributed by atoms with Crippen LogP contribution in [0.4, 0.5) is 0 Å². The van der Waals surface area contributed by atoms with Crippen LogP contribution in [0.1, 0.15) is 49.9 Å². The Hall–Kier alpha value is -6.10. The minimum atomic E-state index is 0.172. The molecule has 3 aliphatic rings. The number of nitrogens with one attached hydrogen (secondary N) is 1. The van der Waals surface area contributed by atoms with E-state index in [1.807, 2.05) is 6.07 Å². The summed E-state index contributed by atoms with van der Waals surface area (Å²) in [4.78, 5) is 2.61. The minimum Gasteiger partial charge on any atom is -0.455 e. The van der Waals surface area contributed by atoms with Crippen molar-refractivity contribution in [1.29, 1.82) is 0 Å². The zero-order valence-electron chi connectivity index (χ0n) is 30.2. The lowest BCUT2D eigenvalue weighted by Crippen LogP contribution is -2.63. The maximum atomic E-state index is 6.51. The number of benzene rings is 6. The van der Waals surface area contributed by atoms with E-state index in [1.165, 1.54) is 75.4 Å². The molecule has 0 spiro atoms. The number of allylic oxidation sites excluding steroid dienone is 4. The standard InChI is InChI=1S/C50H41N3O/c1-4-13-33(14-5-1)36-23-29-45-43(31-36)44-32-37(40-20-12-21-42-41-19-10-11-22-47(41)54-48(40)42)24-30-46(44)52(45)38-25-27-39(28-26-38)53-49(34-15-6-2-7-16-34)51-50(53)35-17-8-3-9-18-35/h1-2,4-7,10-17,19-25,27-32,38,49-51H,3,8-9,18,26H2. The van der Waals surface area contributed by atoms with Crippen LogP contribution in [0, 0.1) is 0 Å². The summed E-state index contributed by atoms with van der Waals surface area (Å²) in [7, 11) is 0. The first-order chi connectivity index (χ1) is 26.8. The summed E-state index contributed by atoms with van der Waals surface area (Å²) >= 11 is 0. The second-order valence-electron chi connectivity index (χ2n) is 15.1. The molecule has 4 heteroatoms. The van der Waals surface area contributed by atoms with Gasteiger partial charge in [-0.25, -0.2) is 0 Å². The Morgan fingerprint density at radius 1 is 0.593 bits per heavy atom. The molecular formula is C50H41N3O. The molecule has 1 saturated heterocycles. The van der Waals surface area contributed by atoms with Crippen molar-refractivity contribution < 1.29 is 4.42 Å². The Labute approximate surface area is 315 Å². The normalized spacial score (nSPS) is 20.1. The molecule has 4 nitrogen and oxygen atoms in total. The van der Waals surface area contributed by atoms with Crippen molar-refractivity contribution in [3.8, 4) is 22.3 Å². The number of aromatic nitrogens is 1. The van der Waals surface area contributed by atoms with Crippen molar-refractivity contribution in [3.63, 3.8) is 0 Å². The molecule has 0 bridgehead atoms. The number of hydrogen-bond acceptors (Lipinski definition) is 3. The van der Waals surface area contributed by atoms with Crippen LogP contribution in [0.5, 0.6) is 0 Å². The molecule has 0 amide bonds. The third-order valence-corrected chi connectivity index (χ3v) is 12.0. The van der Waals surface area contributed by atoms with Crippen LogP contribution in [0.25, 0.3) is 66.0 Å². The van der Waals surface area contributed by atoms with Crippen LogP contribution >= 0.6 is 0 Å². The van der Waals surface area contributed by atoms with Crippen LogP contribution in [0.2, 0.25) is 0 Å². The second-order valence-corrected chi connectivity index (χ2v) is 15.1. The van der Waals surface area contributed by atoms with Crippen LogP contribution in [0.3, 0.4) is 0 Å². The molecule has 1 N–H and O–H groups in total. The highest BCUT2D eigenvalue weighted by Gasteiger charge is 2.41. The molecule has 0 radical (unpaired) electrons. The highest BCUT2D eigenvalue weighted by molar-refractivity contribution is 6.13. The SMILES string of the molecule is C1=CC(n2c3ccc(-c4ccccc4)cc3c3cc(-c4cccc5c4oc4ccccc45)ccc32)CC=C1N1C(C2=CCCCC2)NC1c1ccccc1. The molecule has 262 valence electrons. The Kier molecular flexibility index (Phi) is 7.44. The van der Waals surface area contributed by atoms with Gasteiger partial charge < -0.3 is 13.9 Å². The highest BCUT2D eigenvalue weighted by atomic mass is 16.3. The lowest BCUT2D eigenvalue weighted by atomic mass is 9.91. The van der Waals surface area contributed by atoms with Gasteiger partial charge in [-0.1, -0.05) is 127 Å². The first-order valence-electron chi connectivity index (χ1n) is 19.5. The Morgan fingerprint density at radius 3 is 2.11 bits per heavy atom. The predicted molar refractivity (Wildman–Crippen MR) is 223 cm³/mol. The van der Waals surface area contributed by atoms with E-state index in [2.05, 4.69) is 173 Å². The van der Waals surface area contributed by atoms with Gasteiger partial charge in [0.2, 0.25) is 0 Å². The van der Waals surface area contributed by atoms with Crippen molar-refractivity contribution in [2.75, 3.05) is 0 Å². The van der Waals surface area contributed by atoms with E-state index in [1.54, 1.807) is 0 Å². The minimum absolute atomic E-state index is 0.172. The van der Waals surface area contributed by atoms with Crippen LogP contribution in [-0.2, 0) is 0 Å². The monoisotopic (exact) mass is 699 g/mol. The first-order valence-corrected chi connectivity index (χ1v) is 19.5. The van der Waals surface area contributed by atoms with Crippen LogP contribution in [-0.4, -0.2) is 15.6 Å². The van der Waals surface area contributed by atoms with E-state index >= 15 is 0 Å². The van der Waals surface area contributed by atoms with Crippen molar-refractivity contribution in [2.24, 2.45) is 0 Å². The summed E-state index contributed by atoms with van der Waals surface area (Å²) in [5, 5.41) is 8.77. The largest absolute Gasteiger partial charge is 0.455 e. The van der Waals surface area contributed by atoms with Gasteiger partial charge in [0.1, 0.15) is 23.5 Å². The molecular weight excluding hydrogens is 659 g/mol. The molecule has 3 unspecified atom stereocenters. The van der Waals surface area contributed by atoms with Crippen LogP contribution in [0.15, 0.2) is 180 Å². The fourth-order valence-electron chi connectivity index (χ4n) is 9.31. The molecule has 0 saturated carbocycles. The van der Waals surface area contributed by atoms with Crippen molar-refractivity contribution in [3.05, 3.63) is 181 Å². The zero-order chi connectivity index (χ0) is 35.6. The average molecular weight is 700 g/mol. The van der Waals surface area contributed by atoms with Gasteiger partial charge in [-0.3, -0.25) is 5.32 Å². The number of furan rings is 1. The topological polar surface area (TPSA) is 33.3 Å². The zero-order valence-corrected chi connectivity index (χ0v) is 30.2. The third kappa shape index (κ3) is 5.08. The summed E-state index contributed by atoms with van der Waals surface area (Å²) in [6.45, 7) is 0. The van der Waals surface area contributed by atoms with Gasteiger partial charge in [-0.05, 0) is 96.3 Å². The second kappa shape index (κ2) is 12.8. The number of para-hydroxylation sites is 2.